The second-order valence-electron chi connectivity index (χ2n) is 4.99. The molecule has 0 aliphatic carbocycles. The third kappa shape index (κ3) is 2.64. The van der Waals surface area contributed by atoms with E-state index >= 15 is 0 Å². The van der Waals surface area contributed by atoms with Crippen molar-refractivity contribution in [3.05, 3.63) is 70.8 Å². The molecule has 2 nitrogen and oxygen atoms in total. The van der Waals surface area contributed by atoms with Crippen molar-refractivity contribution < 1.29 is 0 Å². The molecule has 1 atom stereocenters. The molecule has 2 aromatic rings. The van der Waals surface area contributed by atoms with Gasteiger partial charge in [0.05, 0.1) is 11.6 Å². The highest BCUT2D eigenvalue weighted by Crippen LogP contribution is 2.28. The highest BCUT2D eigenvalue weighted by atomic mass is 15.0. The van der Waals surface area contributed by atoms with E-state index in [4.69, 9.17) is 5.26 Å². The first-order chi connectivity index (χ1) is 9.86. The first-order valence-corrected chi connectivity index (χ1v) is 6.87. The molecule has 0 saturated carbocycles. The summed E-state index contributed by atoms with van der Waals surface area (Å²) in [7, 11) is 0. The Labute approximate surface area is 119 Å². The van der Waals surface area contributed by atoms with Gasteiger partial charge in [0.15, 0.2) is 0 Å². The minimum absolute atomic E-state index is 0.388. The maximum atomic E-state index is 9.04. The van der Waals surface area contributed by atoms with Crippen LogP contribution >= 0.6 is 0 Å². The molecule has 0 aromatic heterocycles. The predicted octanol–water partition coefficient (Wildman–Crippen LogP) is 3.76. The average molecular weight is 260 g/mol. The molecule has 2 aromatic carbocycles. The van der Waals surface area contributed by atoms with Crippen molar-refractivity contribution in [3.63, 3.8) is 0 Å². The van der Waals surface area contributed by atoms with Crippen LogP contribution in [-0.4, -0.2) is 6.54 Å². The van der Waals surface area contributed by atoms with Gasteiger partial charge >= 0.3 is 0 Å². The molecular formula is C18H16N2. The highest BCUT2D eigenvalue weighted by Gasteiger charge is 2.20. The van der Waals surface area contributed by atoms with Crippen LogP contribution < -0.4 is 5.32 Å². The Morgan fingerprint density at radius 3 is 2.55 bits per heavy atom. The van der Waals surface area contributed by atoms with E-state index in [0.29, 0.717) is 6.04 Å². The smallest absolute Gasteiger partial charge is 0.0991 e. The zero-order chi connectivity index (χ0) is 13.8. The van der Waals surface area contributed by atoms with Crippen LogP contribution in [-0.2, 0) is 0 Å². The lowest BCUT2D eigenvalue weighted by Gasteiger charge is -2.29. The van der Waals surface area contributed by atoms with Crippen molar-refractivity contribution in [3.8, 4) is 6.07 Å². The van der Waals surface area contributed by atoms with E-state index in [1.54, 1.807) is 0 Å². The Morgan fingerprint density at radius 2 is 1.90 bits per heavy atom. The summed E-state index contributed by atoms with van der Waals surface area (Å²) in [6.07, 6.45) is 5.39. The summed E-state index contributed by atoms with van der Waals surface area (Å²) < 4.78 is 0. The van der Waals surface area contributed by atoms with Crippen LogP contribution in [0.15, 0.2) is 48.5 Å². The van der Waals surface area contributed by atoms with Gasteiger partial charge in [-0.15, -0.1) is 0 Å². The van der Waals surface area contributed by atoms with E-state index in [0.717, 1.165) is 18.5 Å². The van der Waals surface area contributed by atoms with Crippen molar-refractivity contribution >= 4 is 12.2 Å². The quantitative estimate of drug-likeness (QED) is 0.853. The maximum Gasteiger partial charge on any atom is 0.0991 e. The minimum Gasteiger partial charge on any atom is -0.310 e. The lowest BCUT2D eigenvalue weighted by Crippen LogP contribution is -2.35. The molecule has 1 unspecified atom stereocenters. The summed E-state index contributed by atoms with van der Waals surface area (Å²) in [4.78, 5) is 0. The fourth-order valence-electron chi connectivity index (χ4n) is 2.40. The maximum absolute atomic E-state index is 9.04. The van der Waals surface area contributed by atoms with Gasteiger partial charge in [-0.25, -0.2) is 0 Å². The number of nitrogens with zero attached hydrogens (tertiary/aromatic N) is 1. The minimum atomic E-state index is 0.388. The molecule has 1 fully saturated rings. The zero-order valence-electron chi connectivity index (χ0n) is 11.2. The van der Waals surface area contributed by atoms with Crippen molar-refractivity contribution in [2.45, 2.75) is 12.5 Å². The van der Waals surface area contributed by atoms with Crippen molar-refractivity contribution in [2.24, 2.45) is 0 Å². The topological polar surface area (TPSA) is 35.8 Å². The number of nitriles is 1. The van der Waals surface area contributed by atoms with Crippen molar-refractivity contribution in [1.29, 1.82) is 5.26 Å². The van der Waals surface area contributed by atoms with Gasteiger partial charge in [0.25, 0.3) is 0 Å². The fraction of sp³-hybridized carbons (Fsp3) is 0.167. The van der Waals surface area contributed by atoms with Gasteiger partial charge in [-0.1, -0.05) is 48.6 Å². The van der Waals surface area contributed by atoms with E-state index < -0.39 is 0 Å². The zero-order valence-corrected chi connectivity index (χ0v) is 11.2. The molecule has 1 aliphatic rings. The van der Waals surface area contributed by atoms with E-state index in [1.807, 2.05) is 36.4 Å². The number of nitrogens with one attached hydrogen (secondary N) is 1. The first-order valence-electron chi connectivity index (χ1n) is 6.87. The average Bonchev–Trinajstić information content (AvgIpc) is 2.45. The van der Waals surface area contributed by atoms with Crippen LogP contribution in [0.3, 0.4) is 0 Å². The second-order valence-corrected chi connectivity index (χ2v) is 4.99. The normalized spacial score (nSPS) is 17.6. The third-order valence-corrected chi connectivity index (χ3v) is 3.67. The van der Waals surface area contributed by atoms with Gasteiger partial charge in [-0.3, -0.25) is 0 Å². The number of hydrogen-bond acceptors (Lipinski definition) is 2. The number of benzene rings is 2. The summed E-state index contributed by atoms with van der Waals surface area (Å²) in [5, 5.41) is 12.5. The molecule has 20 heavy (non-hydrogen) atoms. The summed E-state index contributed by atoms with van der Waals surface area (Å²) in [5.74, 6) is 0. The van der Waals surface area contributed by atoms with Crippen LogP contribution in [0.4, 0.5) is 0 Å². The standard InChI is InChI=1S/C18H16N2/c19-13-15-7-9-16(17(12-15)18-10-11-20-18)8-6-14-4-2-1-3-5-14/h1-9,12,18,20H,10-11H2. The molecule has 0 amide bonds. The fourth-order valence-corrected chi connectivity index (χ4v) is 2.40. The van der Waals surface area contributed by atoms with Crippen LogP contribution in [0, 0.1) is 11.3 Å². The van der Waals surface area contributed by atoms with Crippen molar-refractivity contribution in [1.82, 2.24) is 5.32 Å². The summed E-state index contributed by atoms with van der Waals surface area (Å²) in [5.41, 5.74) is 4.32. The SMILES string of the molecule is N#Cc1ccc(C=Cc2ccccc2)c(C2CCN2)c1. The van der Waals surface area contributed by atoms with Gasteiger partial charge in [0.2, 0.25) is 0 Å². The lowest BCUT2D eigenvalue weighted by molar-refractivity contribution is 0.383. The number of rotatable bonds is 3. The van der Waals surface area contributed by atoms with Gasteiger partial charge < -0.3 is 5.32 Å². The summed E-state index contributed by atoms with van der Waals surface area (Å²) in [6, 6.07) is 18.8. The Kier molecular flexibility index (Phi) is 3.62. The Bertz CT molecular complexity index is 662. The molecule has 98 valence electrons. The first kappa shape index (κ1) is 12.7. The molecule has 0 spiro atoms. The molecule has 0 bridgehead atoms. The van der Waals surface area contributed by atoms with Gasteiger partial charge in [-0.05, 0) is 41.8 Å². The Balaban J connectivity index is 1.92. The molecule has 0 radical (unpaired) electrons. The summed E-state index contributed by atoms with van der Waals surface area (Å²) in [6.45, 7) is 1.06. The molecule has 1 N–H and O–H groups in total. The third-order valence-electron chi connectivity index (χ3n) is 3.67. The highest BCUT2D eigenvalue weighted by molar-refractivity contribution is 5.72. The molecule has 2 heteroatoms. The molecule has 1 saturated heterocycles. The van der Waals surface area contributed by atoms with E-state index in [2.05, 4.69) is 35.7 Å². The predicted molar refractivity (Wildman–Crippen MR) is 81.9 cm³/mol. The largest absolute Gasteiger partial charge is 0.310 e. The van der Waals surface area contributed by atoms with Gasteiger partial charge in [-0.2, -0.15) is 5.26 Å². The van der Waals surface area contributed by atoms with E-state index in [9.17, 15) is 0 Å². The van der Waals surface area contributed by atoms with Crippen LogP contribution in [0.25, 0.3) is 12.2 Å². The molecule has 3 rings (SSSR count). The second kappa shape index (κ2) is 5.73. The molecule has 1 heterocycles. The monoisotopic (exact) mass is 260 g/mol. The molecular weight excluding hydrogens is 244 g/mol. The lowest BCUT2D eigenvalue weighted by atomic mass is 9.91. The summed E-state index contributed by atoms with van der Waals surface area (Å²) >= 11 is 0. The van der Waals surface area contributed by atoms with E-state index in [1.165, 1.54) is 16.7 Å². The molecule has 1 aliphatic heterocycles. The van der Waals surface area contributed by atoms with Crippen molar-refractivity contribution in [2.75, 3.05) is 6.54 Å². The Morgan fingerprint density at radius 1 is 1.10 bits per heavy atom. The van der Waals surface area contributed by atoms with Crippen LogP contribution in [0.1, 0.15) is 34.7 Å². The van der Waals surface area contributed by atoms with Crippen LogP contribution in [0.5, 0.6) is 0 Å². The van der Waals surface area contributed by atoms with E-state index in [-0.39, 0.29) is 0 Å². The van der Waals surface area contributed by atoms with Crippen LogP contribution in [0.2, 0.25) is 0 Å². The number of hydrogen-bond donors (Lipinski definition) is 1. The van der Waals surface area contributed by atoms with Gasteiger partial charge in [0, 0.05) is 6.04 Å². The van der Waals surface area contributed by atoms with Gasteiger partial charge in [0.1, 0.15) is 0 Å². The Hall–Kier alpha value is -2.37.